The summed E-state index contributed by atoms with van der Waals surface area (Å²) in [5.74, 6) is -0.648. The average molecular weight is 115 g/mol. The fourth-order valence-corrected chi connectivity index (χ4v) is 0.623. The van der Waals surface area contributed by atoms with Crippen molar-refractivity contribution in [1.29, 1.82) is 0 Å². The molecular formula is C3HNO2S. The minimum absolute atomic E-state index is 0.486. The Morgan fingerprint density at radius 2 is 2.29 bits per heavy atom. The maximum absolute atomic E-state index is 10.1. The molecule has 0 atom stereocenters. The average Bonchev–Trinajstić information content (AvgIpc) is 1.91. The summed E-state index contributed by atoms with van der Waals surface area (Å²) >= 11 is 0.825. The second-order valence-corrected chi connectivity index (χ2v) is 1.76. The number of amides is 1. The Bertz CT molecular complexity index is 151. The monoisotopic (exact) mass is 115 g/mol. The van der Waals surface area contributed by atoms with E-state index in [1.807, 2.05) is 0 Å². The topological polar surface area (TPSA) is 46.5 Å². The SMILES string of the molecule is O=C1N=CSC1=O. The van der Waals surface area contributed by atoms with Crippen LogP contribution in [-0.2, 0) is 9.59 Å². The number of hydrogen-bond donors (Lipinski definition) is 0. The van der Waals surface area contributed by atoms with E-state index in [0.29, 0.717) is 0 Å². The number of rotatable bonds is 0. The van der Waals surface area contributed by atoms with Crippen LogP contribution in [0.25, 0.3) is 0 Å². The molecule has 7 heavy (non-hydrogen) atoms. The van der Waals surface area contributed by atoms with E-state index in [1.54, 1.807) is 0 Å². The lowest BCUT2D eigenvalue weighted by Gasteiger charge is -1.69. The largest absolute Gasteiger partial charge is 0.325 e. The van der Waals surface area contributed by atoms with Crippen LogP contribution in [0.5, 0.6) is 0 Å². The molecule has 3 nitrogen and oxygen atoms in total. The Morgan fingerprint density at radius 1 is 1.57 bits per heavy atom. The highest BCUT2D eigenvalue weighted by molar-refractivity contribution is 8.27. The second kappa shape index (κ2) is 1.46. The fraction of sp³-hybridized carbons (Fsp3) is 0. The van der Waals surface area contributed by atoms with Gasteiger partial charge in [0.1, 0.15) is 0 Å². The Hall–Kier alpha value is -0.640. The summed E-state index contributed by atoms with van der Waals surface area (Å²) in [4.78, 5) is 23.2. The standard InChI is InChI=1S/C3HNO2S/c5-2-3(6)7-1-4-2/h1H. The Labute approximate surface area is 43.8 Å². The zero-order chi connectivity index (χ0) is 5.28. The van der Waals surface area contributed by atoms with E-state index in [9.17, 15) is 9.59 Å². The summed E-state index contributed by atoms with van der Waals surface area (Å²) < 4.78 is 0. The van der Waals surface area contributed by atoms with Gasteiger partial charge >= 0.3 is 5.91 Å². The molecule has 0 unspecified atom stereocenters. The Kier molecular flexibility index (Phi) is 0.941. The number of aliphatic imine (C=N–C) groups is 1. The normalized spacial score (nSPS) is 18.9. The summed E-state index contributed by atoms with van der Waals surface area (Å²) in [6, 6.07) is 0. The maximum atomic E-state index is 10.1. The summed E-state index contributed by atoms with van der Waals surface area (Å²) in [5.41, 5.74) is 1.24. The number of hydrogen-bond acceptors (Lipinski definition) is 3. The van der Waals surface area contributed by atoms with Gasteiger partial charge in [0.2, 0.25) is 0 Å². The third kappa shape index (κ3) is 0.691. The zero-order valence-corrected chi connectivity index (χ0v) is 4.07. The van der Waals surface area contributed by atoms with Gasteiger partial charge in [0.05, 0.1) is 5.55 Å². The zero-order valence-electron chi connectivity index (χ0n) is 3.25. The third-order valence-corrected chi connectivity index (χ3v) is 1.10. The van der Waals surface area contributed by atoms with E-state index < -0.39 is 11.0 Å². The second-order valence-electron chi connectivity index (χ2n) is 0.945. The van der Waals surface area contributed by atoms with Gasteiger partial charge in [-0.05, 0) is 11.8 Å². The first-order chi connectivity index (χ1) is 3.30. The molecule has 0 aromatic heterocycles. The summed E-state index contributed by atoms with van der Waals surface area (Å²) in [6.45, 7) is 0. The molecule has 1 rings (SSSR count). The van der Waals surface area contributed by atoms with Crippen molar-refractivity contribution in [3.05, 3.63) is 0 Å². The molecule has 0 spiro atoms. The molecule has 0 radical (unpaired) electrons. The molecular weight excluding hydrogens is 114 g/mol. The molecule has 36 valence electrons. The van der Waals surface area contributed by atoms with Gasteiger partial charge in [-0.15, -0.1) is 0 Å². The molecule has 1 heterocycles. The smallest absolute Gasteiger partial charge is 0.275 e. The van der Waals surface area contributed by atoms with Crippen molar-refractivity contribution in [3.8, 4) is 0 Å². The highest BCUT2D eigenvalue weighted by Crippen LogP contribution is 2.05. The van der Waals surface area contributed by atoms with Crippen LogP contribution < -0.4 is 0 Å². The van der Waals surface area contributed by atoms with E-state index >= 15 is 0 Å². The molecule has 0 N–H and O–H groups in total. The first-order valence-corrected chi connectivity index (χ1v) is 2.46. The van der Waals surface area contributed by atoms with Crippen molar-refractivity contribution in [3.63, 3.8) is 0 Å². The molecule has 0 aromatic rings. The van der Waals surface area contributed by atoms with Gasteiger partial charge in [0, 0.05) is 0 Å². The van der Waals surface area contributed by atoms with Gasteiger partial charge < -0.3 is 0 Å². The van der Waals surface area contributed by atoms with Crippen LogP contribution in [0.15, 0.2) is 4.99 Å². The van der Waals surface area contributed by atoms with Crippen LogP contribution in [0.2, 0.25) is 0 Å². The summed E-state index contributed by atoms with van der Waals surface area (Å²) in [6.07, 6.45) is 0. The van der Waals surface area contributed by atoms with E-state index in [4.69, 9.17) is 0 Å². The summed E-state index contributed by atoms with van der Waals surface area (Å²) in [5, 5.41) is -0.486. The molecule has 0 saturated heterocycles. The number of carbonyl (C=O) groups is 2. The first-order valence-electron chi connectivity index (χ1n) is 1.58. The third-order valence-electron chi connectivity index (χ3n) is 0.504. The number of carbonyl (C=O) groups excluding carboxylic acids is 2. The lowest BCUT2D eigenvalue weighted by molar-refractivity contribution is -0.130. The van der Waals surface area contributed by atoms with E-state index in [2.05, 4.69) is 4.99 Å². The van der Waals surface area contributed by atoms with Crippen molar-refractivity contribution in [2.45, 2.75) is 0 Å². The lowest BCUT2D eigenvalue weighted by atomic mass is 10.7. The van der Waals surface area contributed by atoms with Gasteiger partial charge in [-0.3, -0.25) is 9.59 Å². The van der Waals surface area contributed by atoms with Crippen LogP contribution >= 0.6 is 11.8 Å². The number of thioether (sulfide) groups is 1. The molecule has 4 heteroatoms. The van der Waals surface area contributed by atoms with Crippen molar-refractivity contribution in [2.75, 3.05) is 0 Å². The predicted octanol–water partition coefficient (Wildman–Crippen LogP) is -0.185. The predicted molar refractivity (Wildman–Crippen MR) is 26.1 cm³/mol. The minimum Gasteiger partial charge on any atom is -0.275 e. The molecule has 0 fully saturated rings. The molecule has 1 aliphatic rings. The van der Waals surface area contributed by atoms with Crippen molar-refractivity contribution in [2.24, 2.45) is 4.99 Å². The van der Waals surface area contributed by atoms with Gasteiger partial charge in [0.15, 0.2) is 0 Å². The van der Waals surface area contributed by atoms with E-state index in [1.165, 1.54) is 5.55 Å². The van der Waals surface area contributed by atoms with E-state index in [-0.39, 0.29) is 0 Å². The van der Waals surface area contributed by atoms with Crippen LogP contribution in [-0.4, -0.2) is 16.6 Å². The molecule has 0 aliphatic carbocycles. The van der Waals surface area contributed by atoms with E-state index in [0.717, 1.165) is 11.8 Å². The molecule has 0 bridgehead atoms. The Morgan fingerprint density at radius 3 is 2.43 bits per heavy atom. The quantitative estimate of drug-likeness (QED) is 0.411. The highest BCUT2D eigenvalue weighted by atomic mass is 32.2. The molecule has 1 amide bonds. The van der Waals surface area contributed by atoms with Gasteiger partial charge in [-0.2, -0.15) is 0 Å². The van der Waals surface area contributed by atoms with Crippen molar-refractivity contribution < 1.29 is 9.59 Å². The maximum Gasteiger partial charge on any atom is 0.325 e. The minimum atomic E-state index is -0.648. The fourth-order valence-electron chi connectivity index (χ4n) is 0.225. The number of nitrogens with zero attached hydrogens (tertiary/aromatic N) is 1. The van der Waals surface area contributed by atoms with Gasteiger partial charge in [0.25, 0.3) is 5.12 Å². The van der Waals surface area contributed by atoms with Gasteiger partial charge in [-0.1, -0.05) is 0 Å². The summed E-state index contributed by atoms with van der Waals surface area (Å²) in [7, 11) is 0. The lowest BCUT2D eigenvalue weighted by Crippen LogP contribution is -1.98. The van der Waals surface area contributed by atoms with Crippen molar-refractivity contribution >= 4 is 28.3 Å². The molecule has 0 saturated carbocycles. The van der Waals surface area contributed by atoms with Crippen LogP contribution in [0.1, 0.15) is 0 Å². The van der Waals surface area contributed by atoms with Crippen LogP contribution in [0.4, 0.5) is 0 Å². The van der Waals surface area contributed by atoms with Gasteiger partial charge in [-0.25, -0.2) is 4.99 Å². The van der Waals surface area contributed by atoms with Crippen LogP contribution in [0.3, 0.4) is 0 Å². The van der Waals surface area contributed by atoms with Crippen molar-refractivity contribution in [1.82, 2.24) is 0 Å². The highest BCUT2D eigenvalue weighted by Gasteiger charge is 2.16. The first kappa shape index (κ1) is 4.52. The van der Waals surface area contributed by atoms with Crippen LogP contribution in [0, 0.1) is 0 Å². The molecule has 0 aromatic carbocycles. The molecule has 1 aliphatic heterocycles. The Balaban J connectivity index is 2.81.